The highest BCUT2D eigenvalue weighted by atomic mass is 15.2. The molecule has 0 aliphatic heterocycles. The smallest absolute Gasteiger partial charge is 0.0223 e. The van der Waals surface area contributed by atoms with Crippen LogP contribution in [0.5, 0.6) is 0 Å². The van der Waals surface area contributed by atoms with Gasteiger partial charge in [0.05, 0.1) is 0 Å². The van der Waals surface area contributed by atoms with E-state index in [0.29, 0.717) is 6.04 Å². The van der Waals surface area contributed by atoms with Crippen LogP contribution in [0.3, 0.4) is 0 Å². The van der Waals surface area contributed by atoms with Crippen LogP contribution in [0.4, 0.5) is 0 Å². The molecule has 114 valence electrons. The van der Waals surface area contributed by atoms with Crippen molar-refractivity contribution in [2.45, 2.75) is 52.0 Å². The molecule has 3 heteroatoms. The molecule has 0 heterocycles. The van der Waals surface area contributed by atoms with Gasteiger partial charge in [0.1, 0.15) is 0 Å². The molecule has 0 amide bonds. The quantitative estimate of drug-likeness (QED) is 0.657. The summed E-state index contributed by atoms with van der Waals surface area (Å²) in [6.45, 7) is 10.5. The van der Waals surface area contributed by atoms with Crippen LogP contribution < -0.4 is 5.32 Å². The topological polar surface area (TPSA) is 18.5 Å². The monoisotopic (exact) mass is 269 g/mol. The van der Waals surface area contributed by atoms with Crippen molar-refractivity contribution in [3.05, 3.63) is 0 Å². The Labute approximate surface area is 120 Å². The summed E-state index contributed by atoms with van der Waals surface area (Å²) in [4.78, 5) is 4.95. The van der Waals surface area contributed by atoms with Crippen LogP contribution in [-0.2, 0) is 0 Å². The molecule has 3 nitrogen and oxygen atoms in total. The van der Waals surface area contributed by atoms with Gasteiger partial charge in [-0.25, -0.2) is 0 Å². The molecule has 0 radical (unpaired) electrons. The van der Waals surface area contributed by atoms with Crippen LogP contribution in [0.2, 0.25) is 0 Å². The zero-order valence-electron chi connectivity index (χ0n) is 13.6. The van der Waals surface area contributed by atoms with E-state index >= 15 is 0 Å². The fraction of sp³-hybridized carbons (Fsp3) is 1.00. The molecular formula is C16H35N3. The van der Waals surface area contributed by atoms with E-state index in [9.17, 15) is 0 Å². The fourth-order valence-corrected chi connectivity index (χ4v) is 3.23. The average Bonchev–Trinajstić information content (AvgIpc) is 2.89. The first kappa shape index (κ1) is 16.9. The molecule has 0 spiro atoms. The number of likely N-dealkylation sites (N-methyl/N-ethyl adjacent to an activating group) is 2. The van der Waals surface area contributed by atoms with Gasteiger partial charge in [0.2, 0.25) is 0 Å². The molecule has 0 aromatic heterocycles. The zero-order chi connectivity index (χ0) is 14.1. The van der Waals surface area contributed by atoms with Crippen LogP contribution in [0.25, 0.3) is 0 Å². The Kier molecular flexibility index (Phi) is 8.67. The summed E-state index contributed by atoms with van der Waals surface area (Å²) in [6.07, 6.45) is 7.02. The van der Waals surface area contributed by atoms with Crippen molar-refractivity contribution in [3.63, 3.8) is 0 Å². The predicted molar refractivity (Wildman–Crippen MR) is 84.7 cm³/mol. The lowest BCUT2D eigenvalue weighted by molar-refractivity contribution is 0.193. The molecule has 1 saturated carbocycles. The molecular weight excluding hydrogens is 234 g/mol. The molecule has 1 rings (SSSR count). The van der Waals surface area contributed by atoms with Gasteiger partial charge in [0.15, 0.2) is 0 Å². The molecule has 1 unspecified atom stereocenters. The maximum atomic E-state index is 3.75. The lowest BCUT2D eigenvalue weighted by Gasteiger charge is -2.32. The van der Waals surface area contributed by atoms with Gasteiger partial charge < -0.3 is 15.1 Å². The predicted octanol–water partition coefficient (Wildman–Crippen LogP) is 2.43. The summed E-state index contributed by atoms with van der Waals surface area (Å²) in [5, 5.41) is 3.75. The zero-order valence-corrected chi connectivity index (χ0v) is 13.6. The summed E-state index contributed by atoms with van der Waals surface area (Å²) >= 11 is 0. The maximum Gasteiger partial charge on any atom is 0.0223 e. The Morgan fingerprint density at radius 1 is 1.05 bits per heavy atom. The van der Waals surface area contributed by atoms with E-state index in [1.807, 2.05) is 0 Å². The van der Waals surface area contributed by atoms with Crippen LogP contribution in [0.1, 0.15) is 46.0 Å². The van der Waals surface area contributed by atoms with E-state index in [-0.39, 0.29) is 0 Å². The van der Waals surface area contributed by atoms with E-state index in [1.54, 1.807) is 0 Å². The van der Waals surface area contributed by atoms with Crippen LogP contribution in [0.15, 0.2) is 0 Å². The SMILES string of the molecule is CCCN(CCN(C)C)CC(NCC)C1CCCC1. The number of rotatable bonds is 10. The number of hydrogen-bond acceptors (Lipinski definition) is 3. The minimum atomic E-state index is 0.709. The van der Waals surface area contributed by atoms with E-state index < -0.39 is 0 Å². The average molecular weight is 269 g/mol. The molecule has 0 aromatic rings. The molecule has 1 atom stereocenters. The van der Waals surface area contributed by atoms with Crippen molar-refractivity contribution in [3.8, 4) is 0 Å². The second-order valence-corrected chi connectivity index (χ2v) is 6.31. The molecule has 1 aliphatic rings. The summed E-state index contributed by atoms with van der Waals surface area (Å²) < 4.78 is 0. The van der Waals surface area contributed by atoms with E-state index in [1.165, 1.54) is 58.3 Å². The van der Waals surface area contributed by atoms with Gasteiger partial charge in [0.25, 0.3) is 0 Å². The summed E-state index contributed by atoms with van der Waals surface area (Å²) in [7, 11) is 4.34. The minimum Gasteiger partial charge on any atom is -0.313 e. The summed E-state index contributed by atoms with van der Waals surface area (Å²) in [5.41, 5.74) is 0. The summed E-state index contributed by atoms with van der Waals surface area (Å²) in [6, 6.07) is 0.709. The van der Waals surface area contributed by atoms with Crippen molar-refractivity contribution >= 4 is 0 Å². The van der Waals surface area contributed by atoms with E-state index in [0.717, 1.165) is 12.5 Å². The third kappa shape index (κ3) is 6.73. The first-order valence-corrected chi connectivity index (χ1v) is 8.27. The maximum absolute atomic E-state index is 3.75. The molecule has 1 fully saturated rings. The van der Waals surface area contributed by atoms with Crippen LogP contribution >= 0.6 is 0 Å². The van der Waals surface area contributed by atoms with Gasteiger partial charge in [-0.2, -0.15) is 0 Å². The largest absolute Gasteiger partial charge is 0.313 e. The van der Waals surface area contributed by atoms with Crippen molar-refractivity contribution in [1.29, 1.82) is 0 Å². The van der Waals surface area contributed by atoms with E-state index in [2.05, 4.69) is 43.1 Å². The second kappa shape index (κ2) is 9.73. The molecule has 19 heavy (non-hydrogen) atoms. The first-order valence-electron chi connectivity index (χ1n) is 8.27. The van der Waals surface area contributed by atoms with Crippen molar-refractivity contribution in [1.82, 2.24) is 15.1 Å². The summed E-state index contributed by atoms with van der Waals surface area (Å²) in [5.74, 6) is 0.915. The van der Waals surface area contributed by atoms with Crippen molar-refractivity contribution in [2.75, 3.05) is 46.8 Å². The third-order valence-electron chi connectivity index (χ3n) is 4.29. The molecule has 0 aromatic carbocycles. The first-order chi connectivity index (χ1) is 9.17. The Bertz CT molecular complexity index is 212. The van der Waals surface area contributed by atoms with Crippen molar-refractivity contribution < 1.29 is 0 Å². The number of hydrogen-bond donors (Lipinski definition) is 1. The van der Waals surface area contributed by atoms with Gasteiger partial charge in [-0.05, 0) is 52.4 Å². The van der Waals surface area contributed by atoms with E-state index in [4.69, 9.17) is 0 Å². The lowest BCUT2D eigenvalue weighted by Crippen LogP contribution is -2.46. The Morgan fingerprint density at radius 3 is 2.26 bits per heavy atom. The van der Waals surface area contributed by atoms with Gasteiger partial charge >= 0.3 is 0 Å². The molecule has 1 N–H and O–H groups in total. The highest BCUT2D eigenvalue weighted by Crippen LogP contribution is 2.28. The minimum absolute atomic E-state index is 0.709. The fourth-order valence-electron chi connectivity index (χ4n) is 3.23. The number of nitrogens with one attached hydrogen (secondary N) is 1. The molecule has 0 saturated heterocycles. The van der Waals surface area contributed by atoms with Crippen LogP contribution in [-0.4, -0.2) is 62.7 Å². The highest BCUT2D eigenvalue weighted by molar-refractivity contribution is 4.83. The highest BCUT2D eigenvalue weighted by Gasteiger charge is 2.25. The second-order valence-electron chi connectivity index (χ2n) is 6.31. The Balaban J connectivity index is 2.45. The molecule has 0 bridgehead atoms. The van der Waals surface area contributed by atoms with Gasteiger partial charge in [-0.3, -0.25) is 0 Å². The van der Waals surface area contributed by atoms with Crippen molar-refractivity contribution in [2.24, 2.45) is 5.92 Å². The van der Waals surface area contributed by atoms with Crippen LogP contribution in [0, 0.1) is 5.92 Å². The molecule has 1 aliphatic carbocycles. The Morgan fingerprint density at radius 2 is 1.74 bits per heavy atom. The third-order valence-corrected chi connectivity index (χ3v) is 4.29. The normalized spacial score (nSPS) is 18.6. The van der Waals surface area contributed by atoms with Gasteiger partial charge in [-0.15, -0.1) is 0 Å². The van der Waals surface area contributed by atoms with Gasteiger partial charge in [-0.1, -0.05) is 26.7 Å². The number of nitrogens with zero attached hydrogens (tertiary/aromatic N) is 2. The lowest BCUT2D eigenvalue weighted by atomic mass is 9.97. The van der Waals surface area contributed by atoms with Gasteiger partial charge in [0, 0.05) is 25.7 Å². The standard InChI is InChI=1S/C16H35N3/c1-5-11-19(13-12-18(3)4)14-16(17-6-2)15-9-7-8-10-15/h15-17H,5-14H2,1-4H3. The Hall–Kier alpha value is -0.120.